The Morgan fingerprint density at radius 3 is 2.62 bits per heavy atom. The molecule has 1 unspecified atom stereocenters. The van der Waals surface area contributed by atoms with Crippen molar-refractivity contribution in [2.45, 2.75) is 52.0 Å². The summed E-state index contributed by atoms with van der Waals surface area (Å²) in [5.41, 5.74) is 0. The first-order valence-electron chi connectivity index (χ1n) is 6.18. The Hall–Kier alpha value is -0.830. The second-order valence-electron chi connectivity index (χ2n) is 4.21. The Balaban J connectivity index is 3.72. The molecule has 0 bridgehead atoms. The third kappa shape index (κ3) is 7.46. The number of carbonyl (C=O) groups is 1. The molecule has 1 N–H and O–H groups in total. The first kappa shape index (κ1) is 15.2. The molecule has 0 aliphatic rings. The zero-order valence-electron chi connectivity index (χ0n) is 10.6. The molecule has 0 aromatic rings. The Morgan fingerprint density at radius 1 is 1.44 bits per heavy atom. The van der Waals surface area contributed by atoms with E-state index in [-0.39, 0.29) is 12.5 Å². The van der Waals surface area contributed by atoms with Crippen LogP contribution in [0.25, 0.3) is 0 Å². The van der Waals surface area contributed by atoms with Gasteiger partial charge in [-0.1, -0.05) is 19.4 Å². The first-order valence-corrected chi connectivity index (χ1v) is 6.18. The lowest BCUT2D eigenvalue weighted by Crippen LogP contribution is -2.35. The van der Waals surface area contributed by atoms with Crippen molar-refractivity contribution in [2.24, 2.45) is 0 Å². The first-order chi connectivity index (χ1) is 7.61. The molecule has 0 heterocycles. The van der Waals surface area contributed by atoms with Crippen LogP contribution in [0.4, 0.5) is 0 Å². The molecule has 0 radical (unpaired) electrons. The van der Waals surface area contributed by atoms with E-state index < -0.39 is 5.97 Å². The third-order valence-electron chi connectivity index (χ3n) is 2.85. The Labute approximate surface area is 99.1 Å². The fourth-order valence-corrected chi connectivity index (χ4v) is 1.85. The minimum absolute atomic E-state index is 0.141. The second kappa shape index (κ2) is 9.40. The molecular formula is C13H25NO2. The van der Waals surface area contributed by atoms with Gasteiger partial charge in [0.15, 0.2) is 0 Å². The summed E-state index contributed by atoms with van der Waals surface area (Å²) in [6.45, 7) is 9.70. The molecule has 3 nitrogen and oxygen atoms in total. The van der Waals surface area contributed by atoms with Gasteiger partial charge in [0, 0.05) is 6.04 Å². The normalized spacial score (nSPS) is 12.7. The van der Waals surface area contributed by atoms with Gasteiger partial charge in [0.05, 0.1) is 6.42 Å². The number of nitrogens with zero attached hydrogens (tertiary/aromatic N) is 1. The average Bonchev–Trinajstić information content (AvgIpc) is 2.22. The van der Waals surface area contributed by atoms with E-state index in [1.165, 1.54) is 12.8 Å². The predicted molar refractivity (Wildman–Crippen MR) is 67.6 cm³/mol. The number of carboxylic acid groups (broad SMARTS) is 1. The van der Waals surface area contributed by atoms with Crippen LogP contribution in [-0.4, -0.2) is 35.1 Å². The van der Waals surface area contributed by atoms with Crippen LogP contribution in [0.15, 0.2) is 12.7 Å². The molecule has 0 aromatic carbocycles. The molecule has 0 rings (SSSR count). The van der Waals surface area contributed by atoms with Gasteiger partial charge < -0.3 is 10.0 Å². The maximum absolute atomic E-state index is 10.6. The lowest BCUT2D eigenvalue weighted by Gasteiger charge is -2.26. The fourth-order valence-electron chi connectivity index (χ4n) is 1.85. The maximum Gasteiger partial charge on any atom is 0.304 e. The minimum Gasteiger partial charge on any atom is -0.481 e. The van der Waals surface area contributed by atoms with Gasteiger partial charge in [-0.05, 0) is 39.3 Å². The zero-order chi connectivity index (χ0) is 12.4. The van der Waals surface area contributed by atoms with E-state index in [1.54, 1.807) is 0 Å². The summed E-state index contributed by atoms with van der Waals surface area (Å²) >= 11 is 0. The number of rotatable bonds is 10. The van der Waals surface area contributed by atoms with Crippen molar-refractivity contribution in [1.82, 2.24) is 4.90 Å². The molecule has 94 valence electrons. The molecule has 0 aliphatic carbocycles. The van der Waals surface area contributed by atoms with E-state index in [4.69, 9.17) is 5.11 Å². The van der Waals surface area contributed by atoms with Crippen LogP contribution in [0.1, 0.15) is 46.0 Å². The lowest BCUT2D eigenvalue weighted by molar-refractivity contribution is -0.138. The summed E-state index contributed by atoms with van der Waals surface area (Å²) in [5, 5.41) is 8.73. The van der Waals surface area contributed by atoms with Crippen molar-refractivity contribution in [1.29, 1.82) is 0 Å². The van der Waals surface area contributed by atoms with Gasteiger partial charge in [-0.15, -0.1) is 6.58 Å². The van der Waals surface area contributed by atoms with Crippen molar-refractivity contribution in [2.75, 3.05) is 13.1 Å². The van der Waals surface area contributed by atoms with Gasteiger partial charge in [0.25, 0.3) is 0 Å². The molecule has 0 aromatic heterocycles. The summed E-state index contributed by atoms with van der Waals surface area (Å²) < 4.78 is 0. The third-order valence-corrected chi connectivity index (χ3v) is 2.85. The van der Waals surface area contributed by atoms with Crippen molar-refractivity contribution in [3.05, 3.63) is 12.7 Å². The van der Waals surface area contributed by atoms with Crippen molar-refractivity contribution >= 4 is 5.97 Å². The highest BCUT2D eigenvalue weighted by atomic mass is 16.4. The van der Waals surface area contributed by atoms with E-state index in [2.05, 4.69) is 18.4 Å². The molecule has 1 atom stereocenters. The van der Waals surface area contributed by atoms with Crippen molar-refractivity contribution in [3.63, 3.8) is 0 Å². The largest absolute Gasteiger partial charge is 0.481 e. The van der Waals surface area contributed by atoms with E-state index in [1.807, 2.05) is 13.0 Å². The molecule has 0 amide bonds. The van der Waals surface area contributed by atoms with Gasteiger partial charge in [-0.3, -0.25) is 4.79 Å². The molecule has 0 spiro atoms. The zero-order valence-corrected chi connectivity index (χ0v) is 10.6. The van der Waals surface area contributed by atoms with Gasteiger partial charge in [-0.25, -0.2) is 0 Å². The van der Waals surface area contributed by atoms with Crippen LogP contribution in [0.2, 0.25) is 0 Å². The Bertz CT molecular complexity index is 204. The smallest absolute Gasteiger partial charge is 0.304 e. The predicted octanol–water partition coefficient (Wildman–Crippen LogP) is 2.92. The number of aliphatic carboxylic acids is 1. The Morgan fingerprint density at radius 2 is 2.12 bits per heavy atom. The number of unbranched alkanes of at least 4 members (excludes halogenated alkanes) is 3. The van der Waals surface area contributed by atoms with Gasteiger partial charge in [-0.2, -0.15) is 0 Å². The quantitative estimate of drug-likeness (QED) is 0.461. The average molecular weight is 227 g/mol. The molecule has 0 aliphatic heterocycles. The molecule has 3 heteroatoms. The highest BCUT2D eigenvalue weighted by molar-refractivity contribution is 5.67. The van der Waals surface area contributed by atoms with Crippen LogP contribution in [0.5, 0.6) is 0 Å². The summed E-state index contributed by atoms with van der Waals surface area (Å²) in [6.07, 6.45) is 6.80. The van der Waals surface area contributed by atoms with Gasteiger partial charge in [0.1, 0.15) is 0 Å². The summed E-state index contributed by atoms with van der Waals surface area (Å²) in [6, 6.07) is 0.141. The van der Waals surface area contributed by atoms with Crippen LogP contribution in [0.3, 0.4) is 0 Å². The summed E-state index contributed by atoms with van der Waals surface area (Å²) in [5.74, 6) is -0.711. The summed E-state index contributed by atoms with van der Waals surface area (Å²) in [7, 11) is 0. The number of carboxylic acids is 1. The fraction of sp³-hybridized carbons (Fsp3) is 0.769. The molecular weight excluding hydrogens is 202 g/mol. The molecule has 0 saturated heterocycles. The molecule has 0 saturated carbocycles. The number of hydrogen-bond donors (Lipinski definition) is 1. The number of hydrogen-bond acceptors (Lipinski definition) is 2. The standard InChI is InChI=1S/C13H25NO2/c1-4-6-7-8-9-10-14(5-2)12(3)11-13(15)16/h4,12H,1,5-11H2,2-3H3,(H,15,16). The van der Waals surface area contributed by atoms with Crippen LogP contribution < -0.4 is 0 Å². The lowest BCUT2D eigenvalue weighted by atomic mass is 10.1. The number of allylic oxidation sites excluding steroid dienone is 1. The van der Waals surface area contributed by atoms with Crippen LogP contribution >= 0.6 is 0 Å². The van der Waals surface area contributed by atoms with Crippen LogP contribution in [-0.2, 0) is 4.79 Å². The van der Waals surface area contributed by atoms with E-state index in [0.29, 0.717) is 0 Å². The maximum atomic E-state index is 10.6. The van der Waals surface area contributed by atoms with E-state index in [9.17, 15) is 4.79 Å². The molecule has 0 fully saturated rings. The topological polar surface area (TPSA) is 40.5 Å². The highest BCUT2D eigenvalue weighted by Crippen LogP contribution is 2.07. The minimum atomic E-state index is -0.711. The van der Waals surface area contributed by atoms with E-state index >= 15 is 0 Å². The van der Waals surface area contributed by atoms with Gasteiger partial charge >= 0.3 is 5.97 Å². The van der Waals surface area contributed by atoms with Crippen molar-refractivity contribution in [3.8, 4) is 0 Å². The van der Waals surface area contributed by atoms with Gasteiger partial charge in [0.2, 0.25) is 0 Å². The summed E-state index contributed by atoms with van der Waals surface area (Å²) in [4.78, 5) is 12.8. The SMILES string of the molecule is C=CCCCCCN(CC)C(C)CC(=O)O. The van der Waals surface area contributed by atoms with Crippen molar-refractivity contribution < 1.29 is 9.90 Å². The second-order valence-corrected chi connectivity index (χ2v) is 4.21. The monoisotopic (exact) mass is 227 g/mol. The highest BCUT2D eigenvalue weighted by Gasteiger charge is 2.14. The molecule has 16 heavy (non-hydrogen) atoms. The van der Waals surface area contributed by atoms with E-state index in [0.717, 1.165) is 25.9 Å². The Kier molecular flexibility index (Phi) is 8.91. The van der Waals surface area contributed by atoms with Crippen LogP contribution in [0, 0.1) is 0 Å².